The van der Waals surface area contributed by atoms with Gasteiger partial charge in [0.25, 0.3) is 5.91 Å². The van der Waals surface area contributed by atoms with Crippen LogP contribution in [0.1, 0.15) is 24.5 Å². The Morgan fingerprint density at radius 1 is 1.08 bits per heavy atom. The third-order valence-electron chi connectivity index (χ3n) is 3.62. The lowest BCUT2D eigenvalue weighted by Crippen LogP contribution is -2.39. The van der Waals surface area contributed by atoms with Crippen LogP contribution in [0.5, 0.6) is 11.5 Å². The molecule has 1 amide bonds. The van der Waals surface area contributed by atoms with Crippen molar-refractivity contribution in [1.82, 2.24) is 5.32 Å². The molecule has 0 saturated heterocycles. The number of ether oxygens (including phenoxy) is 2. The molecule has 0 spiro atoms. The number of benzene rings is 2. The molecule has 0 radical (unpaired) electrons. The standard InChI is InChI=1S/C20H24ClNO3/c1-4-19(25-17-7-5-16(21)6-8-17)20(23)22-9-10-24-18-12-14(2)11-15(3)13-18/h5-8,11-13,19H,4,9-10H2,1-3H3,(H,22,23)/t19-/m0/s1. The average molecular weight is 362 g/mol. The second-order valence-electron chi connectivity index (χ2n) is 5.93. The molecule has 5 heteroatoms. The summed E-state index contributed by atoms with van der Waals surface area (Å²) in [4.78, 5) is 12.2. The van der Waals surface area contributed by atoms with E-state index in [0.717, 1.165) is 16.9 Å². The van der Waals surface area contributed by atoms with Gasteiger partial charge < -0.3 is 14.8 Å². The molecule has 0 aromatic heterocycles. The van der Waals surface area contributed by atoms with E-state index in [1.165, 1.54) is 0 Å². The third kappa shape index (κ3) is 6.31. The minimum atomic E-state index is -0.539. The maximum Gasteiger partial charge on any atom is 0.261 e. The van der Waals surface area contributed by atoms with Crippen LogP contribution in [0.3, 0.4) is 0 Å². The van der Waals surface area contributed by atoms with Gasteiger partial charge in [-0.25, -0.2) is 0 Å². The molecule has 0 heterocycles. The molecule has 0 saturated carbocycles. The zero-order valence-electron chi connectivity index (χ0n) is 14.8. The van der Waals surface area contributed by atoms with Gasteiger partial charge in [-0.05, 0) is 67.8 Å². The molecule has 0 aliphatic rings. The molecule has 0 aliphatic heterocycles. The average Bonchev–Trinajstić information content (AvgIpc) is 2.57. The number of amides is 1. The van der Waals surface area contributed by atoms with Gasteiger partial charge in [-0.15, -0.1) is 0 Å². The van der Waals surface area contributed by atoms with E-state index in [9.17, 15) is 4.79 Å². The van der Waals surface area contributed by atoms with E-state index in [4.69, 9.17) is 21.1 Å². The van der Waals surface area contributed by atoms with Crippen LogP contribution < -0.4 is 14.8 Å². The van der Waals surface area contributed by atoms with Crippen LogP contribution >= 0.6 is 11.6 Å². The van der Waals surface area contributed by atoms with Crippen molar-refractivity contribution in [3.8, 4) is 11.5 Å². The molecule has 2 aromatic rings. The van der Waals surface area contributed by atoms with Crippen molar-refractivity contribution in [2.45, 2.75) is 33.3 Å². The van der Waals surface area contributed by atoms with Gasteiger partial charge in [-0.3, -0.25) is 4.79 Å². The Labute approximate surface area is 154 Å². The first kappa shape index (κ1) is 19.1. The van der Waals surface area contributed by atoms with Crippen LogP contribution in [-0.2, 0) is 4.79 Å². The number of halogens is 1. The van der Waals surface area contributed by atoms with E-state index in [1.54, 1.807) is 24.3 Å². The van der Waals surface area contributed by atoms with Gasteiger partial charge in [-0.1, -0.05) is 24.6 Å². The first-order valence-electron chi connectivity index (χ1n) is 8.39. The first-order chi connectivity index (χ1) is 12.0. The summed E-state index contributed by atoms with van der Waals surface area (Å²) in [7, 11) is 0. The molecule has 0 unspecified atom stereocenters. The Morgan fingerprint density at radius 2 is 1.72 bits per heavy atom. The molecule has 1 atom stereocenters. The van der Waals surface area contributed by atoms with Crippen molar-refractivity contribution >= 4 is 17.5 Å². The first-order valence-corrected chi connectivity index (χ1v) is 8.76. The van der Waals surface area contributed by atoms with E-state index in [-0.39, 0.29) is 5.91 Å². The summed E-state index contributed by atoms with van der Waals surface area (Å²) in [6, 6.07) is 13.0. The maximum absolute atomic E-state index is 12.2. The van der Waals surface area contributed by atoms with Crippen LogP contribution in [0.25, 0.3) is 0 Å². The second-order valence-corrected chi connectivity index (χ2v) is 6.37. The highest BCUT2D eigenvalue weighted by atomic mass is 35.5. The number of nitrogens with one attached hydrogen (secondary N) is 1. The maximum atomic E-state index is 12.2. The van der Waals surface area contributed by atoms with Gasteiger partial charge in [0.15, 0.2) is 6.10 Å². The summed E-state index contributed by atoms with van der Waals surface area (Å²) in [5.41, 5.74) is 2.31. The molecule has 25 heavy (non-hydrogen) atoms. The molecule has 0 bridgehead atoms. The van der Waals surface area contributed by atoms with E-state index in [2.05, 4.69) is 11.4 Å². The molecule has 0 fully saturated rings. The molecular weight excluding hydrogens is 338 g/mol. The molecule has 4 nitrogen and oxygen atoms in total. The Balaban J connectivity index is 1.78. The van der Waals surface area contributed by atoms with Crippen molar-refractivity contribution in [3.63, 3.8) is 0 Å². The highest BCUT2D eigenvalue weighted by Gasteiger charge is 2.17. The normalized spacial score (nSPS) is 11.7. The fourth-order valence-electron chi connectivity index (χ4n) is 2.47. The smallest absolute Gasteiger partial charge is 0.261 e. The summed E-state index contributed by atoms with van der Waals surface area (Å²) in [6.45, 7) is 6.80. The van der Waals surface area contributed by atoms with Gasteiger partial charge in [0.2, 0.25) is 0 Å². The van der Waals surface area contributed by atoms with Crippen molar-refractivity contribution in [3.05, 3.63) is 58.6 Å². The fourth-order valence-corrected chi connectivity index (χ4v) is 2.60. The lowest BCUT2D eigenvalue weighted by molar-refractivity contribution is -0.128. The van der Waals surface area contributed by atoms with E-state index >= 15 is 0 Å². The largest absolute Gasteiger partial charge is 0.492 e. The summed E-state index contributed by atoms with van der Waals surface area (Å²) in [5.74, 6) is 1.29. The van der Waals surface area contributed by atoms with Gasteiger partial charge >= 0.3 is 0 Å². The Hall–Kier alpha value is -2.20. The van der Waals surface area contributed by atoms with Crippen LogP contribution in [0.4, 0.5) is 0 Å². The molecule has 2 rings (SSSR count). The predicted molar refractivity (Wildman–Crippen MR) is 101 cm³/mol. The van der Waals surface area contributed by atoms with Crippen molar-refractivity contribution in [2.75, 3.05) is 13.2 Å². The minimum Gasteiger partial charge on any atom is -0.492 e. The van der Waals surface area contributed by atoms with Gasteiger partial charge in [-0.2, -0.15) is 0 Å². The monoisotopic (exact) mass is 361 g/mol. The quantitative estimate of drug-likeness (QED) is 0.713. The SMILES string of the molecule is CC[C@H](Oc1ccc(Cl)cc1)C(=O)NCCOc1cc(C)cc(C)c1. The summed E-state index contributed by atoms with van der Waals surface area (Å²) < 4.78 is 11.4. The highest BCUT2D eigenvalue weighted by Crippen LogP contribution is 2.18. The van der Waals surface area contributed by atoms with Crippen LogP contribution in [0.2, 0.25) is 5.02 Å². The van der Waals surface area contributed by atoms with Gasteiger partial charge in [0, 0.05) is 5.02 Å². The van der Waals surface area contributed by atoms with Crippen molar-refractivity contribution in [1.29, 1.82) is 0 Å². The van der Waals surface area contributed by atoms with Crippen LogP contribution in [0.15, 0.2) is 42.5 Å². The van der Waals surface area contributed by atoms with E-state index in [1.807, 2.05) is 32.9 Å². The molecule has 2 aromatic carbocycles. The topological polar surface area (TPSA) is 47.6 Å². The summed E-state index contributed by atoms with van der Waals surface area (Å²) in [6.07, 6.45) is 0.0363. The number of carbonyl (C=O) groups excluding carboxylic acids is 1. The predicted octanol–water partition coefficient (Wildman–Crippen LogP) is 4.31. The molecule has 0 aliphatic carbocycles. The molecular formula is C20H24ClNO3. The molecule has 1 N–H and O–H groups in total. The number of hydrogen-bond donors (Lipinski definition) is 1. The minimum absolute atomic E-state index is 0.151. The summed E-state index contributed by atoms with van der Waals surface area (Å²) in [5, 5.41) is 3.48. The molecule has 134 valence electrons. The number of rotatable bonds is 8. The Bertz CT molecular complexity index is 680. The third-order valence-corrected chi connectivity index (χ3v) is 3.87. The van der Waals surface area contributed by atoms with E-state index < -0.39 is 6.10 Å². The van der Waals surface area contributed by atoms with E-state index in [0.29, 0.717) is 30.3 Å². The summed E-state index contributed by atoms with van der Waals surface area (Å²) >= 11 is 5.85. The number of aryl methyl sites for hydroxylation is 2. The number of carbonyl (C=O) groups is 1. The zero-order valence-corrected chi connectivity index (χ0v) is 15.6. The zero-order chi connectivity index (χ0) is 18.2. The van der Waals surface area contributed by atoms with Crippen LogP contribution in [0, 0.1) is 13.8 Å². The Kier molecular flexibility index (Phi) is 7.14. The highest BCUT2D eigenvalue weighted by molar-refractivity contribution is 6.30. The lowest BCUT2D eigenvalue weighted by atomic mass is 10.1. The lowest BCUT2D eigenvalue weighted by Gasteiger charge is -2.17. The van der Waals surface area contributed by atoms with Gasteiger partial charge in [0.05, 0.1) is 6.54 Å². The fraction of sp³-hybridized carbons (Fsp3) is 0.350. The van der Waals surface area contributed by atoms with Gasteiger partial charge in [0.1, 0.15) is 18.1 Å². The number of hydrogen-bond acceptors (Lipinski definition) is 3. The van der Waals surface area contributed by atoms with Crippen molar-refractivity contribution < 1.29 is 14.3 Å². The second kappa shape index (κ2) is 9.33. The van der Waals surface area contributed by atoms with Crippen LogP contribution in [-0.4, -0.2) is 25.2 Å². The Morgan fingerprint density at radius 3 is 2.32 bits per heavy atom. The van der Waals surface area contributed by atoms with Crippen molar-refractivity contribution in [2.24, 2.45) is 0 Å².